The molecule has 0 aliphatic heterocycles. The van der Waals surface area contributed by atoms with Gasteiger partial charge in [0, 0.05) is 25.8 Å². The smallest absolute Gasteiger partial charge is 0.0361 e. The van der Waals surface area contributed by atoms with Crippen LogP contribution in [0.4, 0.5) is 5.69 Å². The first-order valence-electron chi connectivity index (χ1n) is 10.2. The van der Waals surface area contributed by atoms with Crippen LogP contribution in [-0.4, -0.2) is 26.7 Å². The van der Waals surface area contributed by atoms with Gasteiger partial charge in [0.2, 0.25) is 0 Å². The topological polar surface area (TPSA) is 15.3 Å². The van der Waals surface area contributed by atoms with E-state index in [1.807, 2.05) is 0 Å². The Balaban J connectivity index is 0.00000196. The Bertz CT molecular complexity index is 643. The third kappa shape index (κ3) is 8.03. The summed E-state index contributed by atoms with van der Waals surface area (Å²) in [5.41, 5.74) is 4.23. The molecule has 28 heavy (non-hydrogen) atoms. The van der Waals surface area contributed by atoms with Crippen LogP contribution in [0.2, 0.25) is 0 Å². The maximum absolute atomic E-state index is 3.82. The summed E-state index contributed by atoms with van der Waals surface area (Å²) in [6, 6.07) is 20.7. The Hall–Kier alpha value is -1.22. The average molecular weight is 423 g/mol. The molecule has 4 heteroatoms. The Morgan fingerprint density at radius 1 is 0.893 bits per heavy atom. The van der Waals surface area contributed by atoms with Crippen LogP contribution in [0.25, 0.3) is 0 Å². The molecule has 2 aromatic rings. The molecule has 0 amide bonds. The third-order valence-corrected chi connectivity index (χ3v) is 5.68. The molecule has 0 saturated heterocycles. The van der Waals surface area contributed by atoms with Crippen LogP contribution in [0.1, 0.15) is 43.2 Å². The standard InChI is InChI=1S/C24H34N2.2ClH/c1-26(2)24-15-13-21(14-16-24)18-22-10-6-12-23(19-22)25-17-7-11-20-8-4-3-5-9-20;;/h3-5,8-9,13-16,22-23,25H,6-7,10-12,17-19H2,1-2H3;2*1H. The lowest BCUT2D eigenvalue weighted by atomic mass is 9.82. The first-order valence-corrected chi connectivity index (χ1v) is 10.2. The normalized spacial score (nSPS) is 18.6. The van der Waals surface area contributed by atoms with Gasteiger partial charge in [0.15, 0.2) is 0 Å². The highest BCUT2D eigenvalue weighted by molar-refractivity contribution is 5.85. The molecule has 1 fully saturated rings. The molecule has 2 aromatic carbocycles. The predicted molar refractivity (Wildman–Crippen MR) is 127 cm³/mol. The van der Waals surface area contributed by atoms with Crippen LogP contribution in [-0.2, 0) is 12.8 Å². The molecule has 1 N–H and O–H groups in total. The molecule has 0 radical (unpaired) electrons. The fraction of sp³-hybridized carbons (Fsp3) is 0.500. The highest BCUT2D eigenvalue weighted by Gasteiger charge is 2.21. The number of benzene rings is 2. The van der Waals surface area contributed by atoms with Gasteiger partial charge in [-0.2, -0.15) is 0 Å². The highest BCUT2D eigenvalue weighted by atomic mass is 35.5. The summed E-state index contributed by atoms with van der Waals surface area (Å²) < 4.78 is 0. The second-order valence-corrected chi connectivity index (χ2v) is 8.04. The fourth-order valence-electron chi connectivity index (χ4n) is 4.17. The molecule has 1 saturated carbocycles. The Labute approximate surface area is 183 Å². The number of hydrogen-bond acceptors (Lipinski definition) is 2. The molecule has 2 nitrogen and oxygen atoms in total. The van der Waals surface area contributed by atoms with Crippen LogP contribution in [0, 0.1) is 5.92 Å². The zero-order valence-corrected chi connectivity index (χ0v) is 18.9. The van der Waals surface area contributed by atoms with Crippen molar-refractivity contribution in [2.24, 2.45) is 5.92 Å². The van der Waals surface area contributed by atoms with Gasteiger partial charge in [-0.25, -0.2) is 0 Å². The largest absolute Gasteiger partial charge is 0.378 e. The second-order valence-electron chi connectivity index (χ2n) is 8.04. The van der Waals surface area contributed by atoms with Crippen molar-refractivity contribution in [1.29, 1.82) is 0 Å². The molecule has 156 valence electrons. The van der Waals surface area contributed by atoms with Crippen molar-refractivity contribution in [3.8, 4) is 0 Å². The van der Waals surface area contributed by atoms with Gasteiger partial charge in [-0.3, -0.25) is 0 Å². The molecule has 2 atom stereocenters. The zero-order valence-electron chi connectivity index (χ0n) is 17.3. The monoisotopic (exact) mass is 422 g/mol. The minimum atomic E-state index is 0. The number of nitrogens with one attached hydrogen (secondary N) is 1. The number of rotatable bonds is 8. The lowest BCUT2D eigenvalue weighted by Crippen LogP contribution is -2.35. The van der Waals surface area contributed by atoms with Crippen molar-refractivity contribution >= 4 is 30.5 Å². The van der Waals surface area contributed by atoms with E-state index in [0.29, 0.717) is 6.04 Å². The van der Waals surface area contributed by atoms with Crippen molar-refractivity contribution in [1.82, 2.24) is 5.32 Å². The van der Waals surface area contributed by atoms with Gasteiger partial charge in [-0.1, -0.05) is 55.3 Å². The number of hydrogen-bond donors (Lipinski definition) is 1. The number of halogens is 2. The van der Waals surface area contributed by atoms with Crippen molar-refractivity contribution < 1.29 is 0 Å². The predicted octanol–water partition coefficient (Wildman–Crippen LogP) is 5.92. The van der Waals surface area contributed by atoms with Crippen LogP contribution in [0.3, 0.4) is 0 Å². The van der Waals surface area contributed by atoms with E-state index >= 15 is 0 Å². The van der Waals surface area contributed by atoms with Crippen LogP contribution in [0.15, 0.2) is 54.6 Å². The number of anilines is 1. The van der Waals surface area contributed by atoms with Gasteiger partial charge in [-0.15, -0.1) is 24.8 Å². The minimum absolute atomic E-state index is 0. The van der Waals surface area contributed by atoms with E-state index in [1.165, 1.54) is 61.8 Å². The molecule has 0 bridgehead atoms. The third-order valence-electron chi connectivity index (χ3n) is 5.68. The number of nitrogens with zero attached hydrogens (tertiary/aromatic N) is 1. The van der Waals surface area contributed by atoms with Gasteiger partial charge in [0.05, 0.1) is 0 Å². The van der Waals surface area contributed by atoms with Crippen LogP contribution < -0.4 is 10.2 Å². The van der Waals surface area contributed by atoms with Gasteiger partial charge in [-0.05, 0) is 67.8 Å². The maximum atomic E-state index is 3.82. The van der Waals surface area contributed by atoms with Crippen molar-refractivity contribution in [3.63, 3.8) is 0 Å². The summed E-state index contributed by atoms with van der Waals surface area (Å²) in [5.74, 6) is 0.834. The zero-order chi connectivity index (χ0) is 18.2. The van der Waals surface area contributed by atoms with Gasteiger partial charge in [0.1, 0.15) is 0 Å². The first kappa shape index (κ1) is 24.8. The van der Waals surface area contributed by atoms with E-state index in [1.54, 1.807) is 0 Å². The summed E-state index contributed by atoms with van der Waals surface area (Å²) in [5, 5.41) is 3.82. The highest BCUT2D eigenvalue weighted by Crippen LogP contribution is 2.28. The van der Waals surface area contributed by atoms with E-state index < -0.39 is 0 Å². The van der Waals surface area contributed by atoms with Gasteiger partial charge < -0.3 is 10.2 Å². The van der Waals surface area contributed by atoms with E-state index in [-0.39, 0.29) is 24.8 Å². The molecular weight excluding hydrogens is 387 g/mol. The van der Waals surface area contributed by atoms with Gasteiger partial charge >= 0.3 is 0 Å². The van der Waals surface area contributed by atoms with Crippen LogP contribution >= 0.6 is 24.8 Å². The molecular formula is C24H36Cl2N2. The lowest BCUT2D eigenvalue weighted by Gasteiger charge is -2.30. The van der Waals surface area contributed by atoms with E-state index in [2.05, 4.69) is 78.9 Å². The van der Waals surface area contributed by atoms with Crippen molar-refractivity contribution in [2.45, 2.75) is 51.0 Å². The Kier molecular flexibility index (Phi) is 11.6. The van der Waals surface area contributed by atoms with Crippen LogP contribution in [0.5, 0.6) is 0 Å². The van der Waals surface area contributed by atoms with E-state index in [9.17, 15) is 0 Å². The summed E-state index contributed by atoms with van der Waals surface area (Å²) >= 11 is 0. The quantitative estimate of drug-likeness (QED) is 0.530. The van der Waals surface area contributed by atoms with E-state index in [4.69, 9.17) is 0 Å². The minimum Gasteiger partial charge on any atom is -0.378 e. The molecule has 0 spiro atoms. The first-order chi connectivity index (χ1) is 12.7. The Morgan fingerprint density at radius 3 is 2.29 bits per heavy atom. The number of aryl methyl sites for hydroxylation is 1. The molecule has 1 aliphatic carbocycles. The summed E-state index contributed by atoms with van der Waals surface area (Å²) in [6.07, 6.45) is 9.09. The average Bonchev–Trinajstić information content (AvgIpc) is 2.67. The second kappa shape index (κ2) is 13.1. The van der Waals surface area contributed by atoms with Crippen molar-refractivity contribution in [3.05, 3.63) is 65.7 Å². The fourth-order valence-corrected chi connectivity index (χ4v) is 4.17. The molecule has 0 heterocycles. The molecule has 2 unspecified atom stereocenters. The van der Waals surface area contributed by atoms with Crippen molar-refractivity contribution in [2.75, 3.05) is 25.5 Å². The SMILES string of the molecule is CN(C)c1ccc(CC2CCCC(NCCCc3ccccc3)C2)cc1.Cl.Cl. The summed E-state index contributed by atoms with van der Waals surface area (Å²) in [7, 11) is 4.20. The lowest BCUT2D eigenvalue weighted by molar-refractivity contribution is 0.283. The van der Waals surface area contributed by atoms with Gasteiger partial charge in [0.25, 0.3) is 0 Å². The van der Waals surface area contributed by atoms with E-state index in [0.717, 1.165) is 12.5 Å². The summed E-state index contributed by atoms with van der Waals surface area (Å²) in [6.45, 7) is 1.14. The maximum Gasteiger partial charge on any atom is 0.0361 e. The summed E-state index contributed by atoms with van der Waals surface area (Å²) in [4.78, 5) is 2.17. The molecule has 0 aromatic heterocycles. The Morgan fingerprint density at radius 2 is 1.61 bits per heavy atom. The molecule has 1 aliphatic rings. The molecule has 3 rings (SSSR count).